The van der Waals surface area contributed by atoms with Crippen LogP contribution in [-0.2, 0) is 0 Å². The number of allylic oxidation sites excluding steroid dienone is 2. The average Bonchev–Trinajstić information content (AvgIpc) is 2.28. The maximum Gasteiger partial charge on any atom is 0.148 e. The summed E-state index contributed by atoms with van der Waals surface area (Å²) in [5, 5.41) is 2.20. The van der Waals surface area contributed by atoms with Crippen molar-refractivity contribution in [2.45, 2.75) is 6.42 Å². The molecule has 0 radical (unpaired) electrons. The molecular weight excluding hydrogens is 172 g/mol. The molecule has 0 aromatic carbocycles. The second-order valence-corrected chi connectivity index (χ2v) is 2.89. The molecule has 0 aliphatic heterocycles. The van der Waals surface area contributed by atoms with Crippen LogP contribution in [-0.4, -0.2) is 9.97 Å². The molecule has 60 valence electrons. The van der Waals surface area contributed by atoms with E-state index in [0.29, 0.717) is 5.15 Å². The summed E-state index contributed by atoms with van der Waals surface area (Å²) in [5.74, 6) is 0. The summed E-state index contributed by atoms with van der Waals surface area (Å²) in [4.78, 5) is 8.30. The maximum atomic E-state index is 5.70. The molecule has 2 nitrogen and oxygen atoms in total. The molecule has 0 amide bonds. The highest BCUT2D eigenvalue weighted by atomic mass is 35.5. The molecule has 1 heterocycles. The van der Waals surface area contributed by atoms with Gasteiger partial charge < -0.3 is 0 Å². The van der Waals surface area contributed by atoms with E-state index < -0.39 is 0 Å². The first-order valence-electron chi connectivity index (χ1n) is 3.72. The molecule has 0 atom stereocenters. The number of nitrogens with zero attached hydrogens (tertiary/aromatic N) is 2. The van der Waals surface area contributed by atoms with Gasteiger partial charge in [-0.3, -0.25) is 4.98 Å². The van der Waals surface area contributed by atoms with E-state index in [1.54, 1.807) is 6.20 Å². The molecule has 2 rings (SSSR count). The second-order valence-electron chi connectivity index (χ2n) is 2.50. The lowest BCUT2D eigenvalue weighted by Crippen LogP contribution is -2.30. The van der Waals surface area contributed by atoms with Gasteiger partial charge in [-0.2, -0.15) is 0 Å². The summed E-state index contributed by atoms with van der Waals surface area (Å²) in [6.45, 7) is 0. The summed E-state index contributed by atoms with van der Waals surface area (Å²) < 4.78 is 0. The second kappa shape index (κ2) is 3.07. The Morgan fingerprint density at radius 1 is 1.33 bits per heavy atom. The van der Waals surface area contributed by atoms with Crippen LogP contribution in [0.15, 0.2) is 18.3 Å². The molecule has 3 heteroatoms. The molecule has 1 aromatic heterocycles. The zero-order valence-corrected chi connectivity index (χ0v) is 7.12. The zero-order valence-electron chi connectivity index (χ0n) is 6.37. The van der Waals surface area contributed by atoms with Crippen molar-refractivity contribution in [2.24, 2.45) is 0 Å². The monoisotopic (exact) mass is 178 g/mol. The van der Waals surface area contributed by atoms with Crippen molar-refractivity contribution in [1.82, 2.24) is 9.97 Å². The minimum atomic E-state index is 0.445. The van der Waals surface area contributed by atoms with Crippen LogP contribution >= 0.6 is 11.6 Å². The Morgan fingerprint density at radius 3 is 3.17 bits per heavy atom. The lowest BCUT2D eigenvalue weighted by Gasteiger charge is -1.88. The molecule has 1 aromatic rings. The quantitative estimate of drug-likeness (QED) is 0.583. The normalized spacial score (nSPS) is 14.1. The van der Waals surface area contributed by atoms with Gasteiger partial charge in [0.05, 0.1) is 16.9 Å². The van der Waals surface area contributed by atoms with Gasteiger partial charge in [-0.05, 0) is 12.5 Å². The first-order chi connectivity index (χ1) is 5.86. The van der Waals surface area contributed by atoms with Crippen LogP contribution in [0.5, 0.6) is 0 Å². The van der Waals surface area contributed by atoms with Crippen LogP contribution in [0.1, 0.15) is 6.42 Å². The third-order valence-electron chi connectivity index (χ3n) is 1.64. The zero-order chi connectivity index (χ0) is 8.39. The van der Waals surface area contributed by atoms with Gasteiger partial charge in [-0.1, -0.05) is 29.8 Å². The molecule has 0 spiro atoms. The predicted molar refractivity (Wildman–Crippen MR) is 49.0 cm³/mol. The lowest BCUT2D eigenvalue weighted by molar-refractivity contribution is 1.09. The first-order valence-corrected chi connectivity index (χ1v) is 4.10. The van der Waals surface area contributed by atoms with Crippen molar-refractivity contribution in [3.63, 3.8) is 0 Å². The molecule has 0 N–H and O–H groups in total. The Labute approximate surface area is 74.9 Å². The molecule has 0 saturated heterocycles. The van der Waals surface area contributed by atoms with Gasteiger partial charge in [0.2, 0.25) is 0 Å². The van der Waals surface area contributed by atoms with Crippen LogP contribution in [0, 0.1) is 0 Å². The fourth-order valence-electron chi connectivity index (χ4n) is 1.09. The molecular formula is C9H7ClN2. The van der Waals surface area contributed by atoms with Crippen LogP contribution < -0.4 is 10.7 Å². The third-order valence-corrected chi connectivity index (χ3v) is 1.82. The summed E-state index contributed by atoms with van der Waals surface area (Å²) >= 11 is 5.70. The molecule has 0 fully saturated rings. The van der Waals surface area contributed by atoms with Crippen LogP contribution in [0.4, 0.5) is 0 Å². The summed E-state index contributed by atoms with van der Waals surface area (Å²) in [7, 11) is 0. The van der Waals surface area contributed by atoms with E-state index in [1.807, 2.05) is 18.2 Å². The van der Waals surface area contributed by atoms with E-state index >= 15 is 0 Å². The van der Waals surface area contributed by atoms with Crippen molar-refractivity contribution in [3.8, 4) is 0 Å². The SMILES string of the molecule is Clc1cnc2c(n1)=CCC=CC=2. The highest BCUT2D eigenvalue weighted by molar-refractivity contribution is 6.29. The van der Waals surface area contributed by atoms with Crippen LogP contribution in [0.25, 0.3) is 12.2 Å². The Morgan fingerprint density at radius 2 is 2.25 bits per heavy atom. The van der Waals surface area contributed by atoms with E-state index in [-0.39, 0.29) is 0 Å². The van der Waals surface area contributed by atoms with Crippen molar-refractivity contribution >= 4 is 23.8 Å². The number of hydrogen-bond donors (Lipinski definition) is 0. The third kappa shape index (κ3) is 1.38. The van der Waals surface area contributed by atoms with E-state index in [0.717, 1.165) is 17.1 Å². The van der Waals surface area contributed by atoms with Crippen LogP contribution in [0.2, 0.25) is 5.15 Å². The van der Waals surface area contributed by atoms with E-state index in [9.17, 15) is 0 Å². The number of rotatable bonds is 0. The minimum Gasteiger partial charge on any atom is -0.251 e. The number of aromatic nitrogens is 2. The topological polar surface area (TPSA) is 25.8 Å². The fourth-order valence-corrected chi connectivity index (χ4v) is 1.23. The average molecular weight is 179 g/mol. The summed E-state index contributed by atoms with van der Waals surface area (Å²) in [5.41, 5.74) is 0. The molecule has 0 saturated carbocycles. The van der Waals surface area contributed by atoms with Gasteiger partial charge in [0, 0.05) is 0 Å². The van der Waals surface area contributed by atoms with Gasteiger partial charge in [-0.15, -0.1) is 0 Å². The molecule has 0 unspecified atom stereocenters. The summed E-state index contributed by atoms with van der Waals surface area (Å²) in [6, 6.07) is 0. The number of halogens is 1. The van der Waals surface area contributed by atoms with Crippen LogP contribution in [0.3, 0.4) is 0 Å². The maximum absolute atomic E-state index is 5.70. The van der Waals surface area contributed by atoms with E-state index in [1.165, 1.54) is 0 Å². The van der Waals surface area contributed by atoms with Gasteiger partial charge in [0.15, 0.2) is 0 Å². The molecule has 12 heavy (non-hydrogen) atoms. The highest BCUT2D eigenvalue weighted by Crippen LogP contribution is 1.94. The van der Waals surface area contributed by atoms with Gasteiger partial charge in [0.1, 0.15) is 5.15 Å². The van der Waals surface area contributed by atoms with Gasteiger partial charge >= 0.3 is 0 Å². The van der Waals surface area contributed by atoms with E-state index in [2.05, 4.69) is 16.0 Å². The van der Waals surface area contributed by atoms with Gasteiger partial charge in [-0.25, -0.2) is 4.98 Å². The minimum absolute atomic E-state index is 0.445. The lowest BCUT2D eigenvalue weighted by atomic mass is 10.4. The largest absolute Gasteiger partial charge is 0.251 e. The Hall–Kier alpha value is -1.15. The first kappa shape index (κ1) is 7.50. The van der Waals surface area contributed by atoms with Crippen molar-refractivity contribution < 1.29 is 0 Å². The Bertz CT molecular complexity index is 434. The number of hydrogen-bond acceptors (Lipinski definition) is 2. The standard InChI is InChI=1S/C9H7ClN2/c10-9-6-11-7-4-2-1-3-5-8(7)12-9/h1-2,4-6H,3H2. The van der Waals surface area contributed by atoms with Crippen molar-refractivity contribution in [3.05, 3.63) is 34.2 Å². The smallest absolute Gasteiger partial charge is 0.148 e. The fraction of sp³-hybridized carbons (Fsp3) is 0.111. The molecule has 0 bridgehead atoms. The Kier molecular flexibility index (Phi) is 1.92. The summed E-state index contributed by atoms with van der Waals surface area (Å²) in [6.07, 6.45) is 10.4. The van der Waals surface area contributed by atoms with Crippen molar-refractivity contribution in [2.75, 3.05) is 0 Å². The van der Waals surface area contributed by atoms with Gasteiger partial charge in [0.25, 0.3) is 0 Å². The number of fused-ring (bicyclic) bond motifs is 1. The Balaban J connectivity index is 2.78. The molecule has 1 aliphatic rings. The van der Waals surface area contributed by atoms with Crippen molar-refractivity contribution in [1.29, 1.82) is 0 Å². The predicted octanol–water partition coefficient (Wildman–Crippen LogP) is 0.651. The molecule has 1 aliphatic carbocycles. The highest BCUT2D eigenvalue weighted by Gasteiger charge is 1.92. The van der Waals surface area contributed by atoms with E-state index in [4.69, 9.17) is 11.6 Å².